The zero-order valence-corrected chi connectivity index (χ0v) is 22.8. The quantitative estimate of drug-likeness (QED) is 0.168. The normalized spacial score (nSPS) is 10.7. The van der Waals surface area contributed by atoms with Gasteiger partial charge in [0.25, 0.3) is 0 Å². The molecule has 0 aliphatic rings. The number of ether oxygens (including phenoxy) is 1. The molecule has 0 bridgehead atoms. The Morgan fingerprint density at radius 2 is 2.03 bits per heavy atom. The second-order valence-electron chi connectivity index (χ2n) is 7.77. The number of hydrogen-bond acceptors (Lipinski definition) is 7. The van der Waals surface area contributed by atoms with Gasteiger partial charge >= 0.3 is 0 Å². The van der Waals surface area contributed by atoms with Gasteiger partial charge in [0, 0.05) is 35.6 Å². The van der Waals surface area contributed by atoms with Crippen LogP contribution in [0.4, 0.5) is 10.2 Å². The van der Waals surface area contributed by atoms with Crippen LogP contribution in [0.2, 0.25) is 10.0 Å². The standard InChI is InChI=1S/C25H24Cl2FN3O3S2/c1-16(2)31(25-14-35-15-29-25)36-24-12-20(27)23(13-21(24)28)34-22-7-6-19(26)11-18(22)5-4-8-30(9-10-32)17(3)33/h6-7,10-15H,1,4-5,8-9H2,2-3H3. The van der Waals surface area contributed by atoms with E-state index in [0.29, 0.717) is 52.9 Å². The highest BCUT2D eigenvalue weighted by Gasteiger charge is 2.18. The van der Waals surface area contributed by atoms with Crippen LogP contribution >= 0.6 is 46.5 Å². The maximum absolute atomic E-state index is 15.1. The molecule has 1 aromatic heterocycles. The van der Waals surface area contributed by atoms with E-state index in [1.54, 1.807) is 34.9 Å². The molecular weight excluding hydrogens is 544 g/mol. The number of hydrogen-bond donors (Lipinski definition) is 0. The third-order valence-corrected chi connectivity index (χ3v) is 7.30. The number of aryl methyl sites for hydroxylation is 1. The van der Waals surface area contributed by atoms with Crippen molar-refractivity contribution in [1.29, 1.82) is 0 Å². The molecule has 0 unspecified atom stereocenters. The first-order valence-electron chi connectivity index (χ1n) is 10.9. The summed E-state index contributed by atoms with van der Waals surface area (Å²) in [5.74, 6) is 0.587. The molecule has 0 saturated carbocycles. The monoisotopic (exact) mass is 567 g/mol. The van der Waals surface area contributed by atoms with Crippen LogP contribution in [0.1, 0.15) is 25.8 Å². The zero-order valence-electron chi connectivity index (χ0n) is 19.7. The van der Waals surface area contributed by atoms with Gasteiger partial charge in [-0.3, -0.25) is 9.10 Å². The van der Waals surface area contributed by atoms with E-state index < -0.39 is 5.82 Å². The number of anilines is 1. The van der Waals surface area contributed by atoms with E-state index >= 15 is 4.39 Å². The Morgan fingerprint density at radius 3 is 2.67 bits per heavy atom. The lowest BCUT2D eigenvalue weighted by molar-refractivity contribution is -0.131. The summed E-state index contributed by atoms with van der Waals surface area (Å²) in [6.45, 7) is 7.61. The van der Waals surface area contributed by atoms with Gasteiger partial charge in [-0.2, -0.15) is 0 Å². The molecule has 3 aromatic rings. The van der Waals surface area contributed by atoms with E-state index in [9.17, 15) is 9.59 Å². The predicted molar refractivity (Wildman–Crippen MR) is 145 cm³/mol. The second kappa shape index (κ2) is 13.1. The number of thiazole rings is 1. The minimum atomic E-state index is -0.512. The van der Waals surface area contributed by atoms with Crippen molar-refractivity contribution in [3.05, 3.63) is 74.9 Å². The highest BCUT2D eigenvalue weighted by molar-refractivity contribution is 8.00. The molecule has 0 radical (unpaired) electrons. The number of rotatable bonds is 12. The summed E-state index contributed by atoms with van der Waals surface area (Å²) in [5, 5.41) is 2.59. The average molecular weight is 569 g/mol. The molecule has 36 heavy (non-hydrogen) atoms. The van der Waals surface area contributed by atoms with Crippen molar-refractivity contribution >= 4 is 64.5 Å². The van der Waals surface area contributed by atoms with Gasteiger partial charge in [-0.1, -0.05) is 29.8 Å². The largest absolute Gasteiger partial charge is 0.455 e. The van der Waals surface area contributed by atoms with Crippen molar-refractivity contribution < 1.29 is 18.7 Å². The first-order valence-corrected chi connectivity index (χ1v) is 13.3. The number of halogens is 3. The summed E-state index contributed by atoms with van der Waals surface area (Å²) >= 11 is 15.2. The molecule has 0 saturated heterocycles. The Kier molecular flexibility index (Phi) is 10.2. The molecule has 0 fully saturated rings. The average Bonchev–Trinajstić information content (AvgIpc) is 3.35. The van der Waals surface area contributed by atoms with Gasteiger partial charge in [0.05, 0.1) is 22.0 Å². The van der Waals surface area contributed by atoms with Crippen molar-refractivity contribution in [1.82, 2.24) is 9.88 Å². The molecule has 1 heterocycles. The van der Waals surface area contributed by atoms with Crippen LogP contribution in [0, 0.1) is 5.82 Å². The van der Waals surface area contributed by atoms with E-state index in [0.717, 1.165) is 17.5 Å². The molecule has 0 N–H and O–H groups in total. The van der Waals surface area contributed by atoms with Crippen LogP contribution in [0.5, 0.6) is 11.5 Å². The lowest BCUT2D eigenvalue weighted by Crippen LogP contribution is -2.31. The van der Waals surface area contributed by atoms with Crippen LogP contribution in [0.25, 0.3) is 0 Å². The first-order chi connectivity index (χ1) is 17.2. The molecule has 190 valence electrons. The third kappa shape index (κ3) is 7.46. The zero-order chi connectivity index (χ0) is 26.2. The van der Waals surface area contributed by atoms with Gasteiger partial charge in [-0.15, -0.1) is 11.3 Å². The Balaban J connectivity index is 1.78. The Hall–Kier alpha value is -2.59. The van der Waals surface area contributed by atoms with E-state index in [-0.39, 0.29) is 23.2 Å². The maximum Gasteiger partial charge on any atom is 0.219 e. The number of aldehydes is 1. The second-order valence-corrected chi connectivity index (χ2v) is 10.3. The highest BCUT2D eigenvalue weighted by Crippen LogP contribution is 2.40. The van der Waals surface area contributed by atoms with Crippen molar-refractivity contribution in [2.75, 3.05) is 17.4 Å². The van der Waals surface area contributed by atoms with Crippen LogP contribution in [0.15, 0.2) is 58.4 Å². The molecule has 1 amide bonds. The summed E-state index contributed by atoms with van der Waals surface area (Å²) in [5.41, 5.74) is 3.14. The molecule has 0 aliphatic heterocycles. The van der Waals surface area contributed by atoms with Crippen molar-refractivity contribution in [2.45, 2.75) is 31.6 Å². The number of benzene rings is 2. The van der Waals surface area contributed by atoms with Gasteiger partial charge in [0.15, 0.2) is 5.82 Å². The van der Waals surface area contributed by atoms with Crippen molar-refractivity contribution in [3.63, 3.8) is 0 Å². The molecule has 2 aromatic carbocycles. The van der Waals surface area contributed by atoms with Gasteiger partial charge in [-0.05, 0) is 61.5 Å². The highest BCUT2D eigenvalue weighted by atomic mass is 35.5. The molecule has 6 nitrogen and oxygen atoms in total. The summed E-state index contributed by atoms with van der Waals surface area (Å²) in [6, 6.07) is 7.85. The molecule has 0 spiro atoms. The van der Waals surface area contributed by atoms with Gasteiger partial charge in [0.2, 0.25) is 5.91 Å². The van der Waals surface area contributed by atoms with Crippen LogP contribution in [-0.4, -0.2) is 35.2 Å². The fraction of sp³-hybridized carbons (Fsp3) is 0.240. The van der Waals surface area contributed by atoms with Crippen LogP contribution in [-0.2, 0) is 16.0 Å². The van der Waals surface area contributed by atoms with Gasteiger partial charge in [0.1, 0.15) is 23.6 Å². The summed E-state index contributed by atoms with van der Waals surface area (Å²) in [4.78, 5) is 28.5. The van der Waals surface area contributed by atoms with Crippen LogP contribution < -0.4 is 9.04 Å². The fourth-order valence-corrected chi connectivity index (χ4v) is 5.18. The summed E-state index contributed by atoms with van der Waals surface area (Å²) in [6.07, 6.45) is 1.79. The third-order valence-electron chi connectivity index (χ3n) is 5.01. The molecular formula is C25H24Cl2FN3O3S2. The van der Waals surface area contributed by atoms with Gasteiger partial charge < -0.3 is 14.4 Å². The lowest BCUT2D eigenvalue weighted by atomic mass is 10.1. The number of nitrogens with zero attached hydrogens (tertiary/aromatic N) is 3. The van der Waals surface area contributed by atoms with Crippen LogP contribution in [0.3, 0.4) is 0 Å². The maximum atomic E-state index is 15.1. The summed E-state index contributed by atoms with van der Waals surface area (Å²) < 4.78 is 22.8. The Bertz CT molecular complexity index is 1240. The van der Waals surface area contributed by atoms with Crippen molar-refractivity contribution in [3.8, 4) is 11.5 Å². The molecule has 0 atom stereocenters. The number of allylic oxidation sites excluding steroid dienone is 1. The molecule has 3 rings (SSSR count). The predicted octanol–water partition coefficient (Wildman–Crippen LogP) is 7.41. The molecule has 11 heteroatoms. The van der Waals surface area contributed by atoms with E-state index in [1.165, 1.54) is 35.3 Å². The number of aromatic nitrogens is 1. The molecule has 0 aliphatic carbocycles. The number of carbonyl (C=O) groups excluding carboxylic acids is 2. The SMILES string of the molecule is C=C(C)N(Sc1cc(Cl)c(Oc2ccc(Cl)cc2CCCN(CC=O)C(C)=O)cc1F)c1cscn1. The smallest absolute Gasteiger partial charge is 0.219 e. The first kappa shape index (κ1) is 28.0. The Morgan fingerprint density at radius 1 is 1.25 bits per heavy atom. The topological polar surface area (TPSA) is 62.7 Å². The van der Waals surface area contributed by atoms with E-state index in [4.69, 9.17) is 27.9 Å². The van der Waals surface area contributed by atoms with E-state index in [2.05, 4.69) is 11.6 Å². The Labute approximate surface area is 227 Å². The van der Waals surface area contributed by atoms with Gasteiger partial charge in [-0.25, -0.2) is 9.37 Å². The lowest BCUT2D eigenvalue weighted by Gasteiger charge is -2.21. The summed E-state index contributed by atoms with van der Waals surface area (Å²) in [7, 11) is 0. The number of amides is 1. The fourth-order valence-electron chi connectivity index (χ4n) is 3.27. The van der Waals surface area contributed by atoms with E-state index in [1.807, 2.05) is 5.38 Å². The minimum absolute atomic E-state index is 0.0404. The number of carbonyl (C=O) groups is 2. The van der Waals surface area contributed by atoms with Crippen molar-refractivity contribution in [2.24, 2.45) is 0 Å². The minimum Gasteiger partial charge on any atom is -0.455 e.